The number of ether oxygens (including phenoxy) is 1. The molecule has 1 heterocycles. The van der Waals surface area contributed by atoms with Crippen molar-refractivity contribution in [3.63, 3.8) is 0 Å². The first kappa shape index (κ1) is 24.1. The maximum Gasteiger partial charge on any atom is 0.432 e. The zero-order valence-corrected chi connectivity index (χ0v) is 19.3. The number of alkyl halides is 3. The van der Waals surface area contributed by atoms with E-state index >= 15 is 0 Å². The van der Waals surface area contributed by atoms with Gasteiger partial charge >= 0.3 is 6.18 Å². The summed E-state index contributed by atoms with van der Waals surface area (Å²) in [5, 5.41) is 3.12. The number of amides is 1. The highest BCUT2D eigenvalue weighted by molar-refractivity contribution is 6.45. The van der Waals surface area contributed by atoms with Gasteiger partial charge in [-0.15, -0.1) is 0 Å². The van der Waals surface area contributed by atoms with E-state index in [0.717, 1.165) is 23.8 Å². The molecule has 0 atom stereocenters. The van der Waals surface area contributed by atoms with E-state index in [0.29, 0.717) is 23.4 Å². The van der Waals surface area contributed by atoms with Crippen molar-refractivity contribution in [3.8, 4) is 5.75 Å². The number of Topliss-reactive ketones (excluding diaryl/α,β-unsaturated/α-hetero) is 1. The molecule has 0 saturated heterocycles. The predicted molar refractivity (Wildman–Crippen MR) is 123 cm³/mol. The molecule has 1 amide bonds. The van der Waals surface area contributed by atoms with Crippen LogP contribution in [0.1, 0.15) is 53.7 Å². The van der Waals surface area contributed by atoms with Crippen LogP contribution in [0.4, 0.5) is 13.2 Å². The molecule has 180 valence electrons. The third kappa shape index (κ3) is 4.92. The largest absolute Gasteiger partial charge is 0.497 e. The number of methoxy groups -OCH3 is 1. The van der Waals surface area contributed by atoms with E-state index in [2.05, 4.69) is 5.32 Å². The third-order valence-electron chi connectivity index (χ3n) is 6.17. The maximum atomic E-state index is 14.4. The minimum Gasteiger partial charge on any atom is -0.497 e. The van der Waals surface area contributed by atoms with Crippen LogP contribution in [-0.4, -0.2) is 29.4 Å². The Hall–Kier alpha value is -3.00. The van der Waals surface area contributed by atoms with Crippen molar-refractivity contribution in [1.29, 1.82) is 0 Å². The van der Waals surface area contributed by atoms with Crippen molar-refractivity contribution < 1.29 is 27.5 Å². The molecule has 1 saturated carbocycles. The Morgan fingerprint density at radius 1 is 1.09 bits per heavy atom. The standard InChI is InChI=1S/C25H24ClF3N2O3/c1-34-18-11-12-20-19(13-18)21(22(32)24(33)30-17-5-3-2-4-6-17)23(25(27,28)29)31(20)14-15-7-9-16(26)10-8-15/h7-13,17H,2-6,14H2,1H3,(H,30,33). The molecule has 1 aliphatic rings. The average molecular weight is 493 g/mol. The van der Waals surface area contributed by atoms with Gasteiger partial charge in [-0.25, -0.2) is 0 Å². The highest BCUT2D eigenvalue weighted by Gasteiger charge is 2.42. The Morgan fingerprint density at radius 3 is 2.38 bits per heavy atom. The molecule has 3 aromatic rings. The van der Waals surface area contributed by atoms with Gasteiger partial charge in [-0.3, -0.25) is 9.59 Å². The van der Waals surface area contributed by atoms with Crippen molar-refractivity contribution in [1.82, 2.24) is 9.88 Å². The van der Waals surface area contributed by atoms with Gasteiger partial charge in [0.2, 0.25) is 0 Å². The molecule has 1 N–H and O–H groups in total. The molecular formula is C25H24ClF3N2O3. The number of nitrogens with one attached hydrogen (secondary N) is 1. The van der Waals surface area contributed by atoms with Gasteiger partial charge in [0.1, 0.15) is 11.4 Å². The number of rotatable bonds is 6. The summed E-state index contributed by atoms with van der Waals surface area (Å²) >= 11 is 5.92. The predicted octanol–water partition coefficient (Wildman–Crippen LogP) is 6.00. The minimum atomic E-state index is -4.88. The van der Waals surface area contributed by atoms with Crippen molar-refractivity contribution in [2.24, 2.45) is 0 Å². The quantitative estimate of drug-likeness (QED) is 0.339. The van der Waals surface area contributed by atoms with Crippen LogP contribution in [0.15, 0.2) is 42.5 Å². The van der Waals surface area contributed by atoms with Gasteiger partial charge in [0.05, 0.1) is 12.7 Å². The summed E-state index contributed by atoms with van der Waals surface area (Å²) in [7, 11) is 1.38. The zero-order valence-electron chi connectivity index (χ0n) is 18.5. The van der Waals surface area contributed by atoms with Crippen LogP contribution in [0.2, 0.25) is 5.02 Å². The van der Waals surface area contributed by atoms with Gasteiger partial charge in [-0.2, -0.15) is 13.2 Å². The Kier molecular flexibility index (Phi) is 6.89. The molecule has 9 heteroatoms. The highest BCUT2D eigenvalue weighted by Crippen LogP contribution is 2.40. The molecule has 0 unspecified atom stereocenters. The van der Waals surface area contributed by atoms with Crippen molar-refractivity contribution in [2.75, 3.05) is 7.11 Å². The molecule has 1 fully saturated rings. The first-order chi connectivity index (χ1) is 16.2. The van der Waals surface area contributed by atoms with Crippen molar-refractivity contribution >= 4 is 34.2 Å². The van der Waals surface area contributed by atoms with Crippen LogP contribution >= 0.6 is 11.6 Å². The number of carbonyl (C=O) groups is 2. The SMILES string of the molecule is COc1ccc2c(c1)c(C(=O)C(=O)NC1CCCCC1)c(C(F)(F)F)n2Cc1ccc(Cl)cc1. The van der Waals surface area contributed by atoms with Crippen molar-refractivity contribution in [3.05, 3.63) is 64.3 Å². The smallest absolute Gasteiger partial charge is 0.432 e. The van der Waals surface area contributed by atoms with Gasteiger partial charge in [-0.1, -0.05) is 43.0 Å². The molecule has 5 nitrogen and oxygen atoms in total. The Labute approximate surface area is 199 Å². The fourth-order valence-electron chi connectivity index (χ4n) is 4.53. The maximum absolute atomic E-state index is 14.4. The second-order valence-electron chi connectivity index (χ2n) is 8.45. The number of benzene rings is 2. The second kappa shape index (κ2) is 9.70. The summed E-state index contributed by atoms with van der Waals surface area (Å²) in [4.78, 5) is 26.0. The second-order valence-corrected chi connectivity index (χ2v) is 8.89. The monoisotopic (exact) mass is 492 g/mol. The van der Waals surface area contributed by atoms with Crippen LogP contribution in [0.25, 0.3) is 10.9 Å². The third-order valence-corrected chi connectivity index (χ3v) is 6.42. The van der Waals surface area contributed by atoms with E-state index in [9.17, 15) is 22.8 Å². The first-order valence-electron chi connectivity index (χ1n) is 11.1. The molecular weight excluding hydrogens is 469 g/mol. The Balaban J connectivity index is 1.85. The number of ketones is 1. The average Bonchev–Trinajstić information content (AvgIpc) is 3.14. The van der Waals surface area contributed by atoms with E-state index in [1.807, 2.05) is 0 Å². The molecule has 0 bridgehead atoms. The number of carbonyl (C=O) groups excluding carboxylic acids is 2. The van der Waals surface area contributed by atoms with Crippen molar-refractivity contribution in [2.45, 2.75) is 50.9 Å². The van der Waals surface area contributed by atoms with Gasteiger partial charge in [0.25, 0.3) is 11.7 Å². The highest BCUT2D eigenvalue weighted by atomic mass is 35.5. The summed E-state index contributed by atoms with van der Waals surface area (Å²) < 4.78 is 49.5. The molecule has 2 aromatic carbocycles. The summed E-state index contributed by atoms with van der Waals surface area (Å²) in [6.07, 6.45) is -0.616. The molecule has 0 spiro atoms. The van der Waals surface area contributed by atoms with Gasteiger partial charge in [-0.05, 0) is 48.7 Å². The van der Waals surface area contributed by atoms with Gasteiger partial charge < -0.3 is 14.6 Å². The summed E-state index contributed by atoms with van der Waals surface area (Å²) in [5.41, 5.74) is -1.08. The number of hydrogen-bond donors (Lipinski definition) is 1. The lowest BCUT2D eigenvalue weighted by Gasteiger charge is -2.22. The lowest BCUT2D eigenvalue weighted by atomic mass is 9.95. The number of aromatic nitrogens is 1. The molecule has 1 aromatic heterocycles. The van der Waals surface area contributed by atoms with E-state index in [-0.39, 0.29) is 29.2 Å². The van der Waals surface area contributed by atoms with Crippen LogP contribution < -0.4 is 10.1 Å². The fourth-order valence-corrected chi connectivity index (χ4v) is 4.66. The first-order valence-corrected chi connectivity index (χ1v) is 11.4. The zero-order chi connectivity index (χ0) is 24.5. The van der Waals surface area contributed by atoms with E-state index in [1.54, 1.807) is 24.3 Å². The number of fused-ring (bicyclic) bond motifs is 1. The Bertz CT molecular complexity index is 1210. The summed E-state index contributed by atoms with van der Waals surface area (Å²) in [6, 6.07) is 10.6. The Morgan fingerprint density at radius 2 is 1.76 bits per heavy atom. The lowest BCUT2D eigenvalue weighted by molar-refractivity contribution is -0.143. The van der Waals surface area contributed by atoms with Crippen LogP contribution in [-0.2, 0) is 17.5 Å². The molecule has 34 heavy (non-hydrogen) atoms. The van der Waals surface area contributed by atoms with Gasteiger partial charge in [0, 0.05) is 28.5 Å². The lowest BCUT2D eigenvalue weighted by Crippen LogP contribution is -2.40. The van der Waals surface area contributed by atoms with E-state index < -0.39 is 29.1 Å². The van der Waals surface area contributed by atoms with Crippen LogP contribution in [0.3, 0.4) is 0 Å². The topological polar surface area (TPSA) is 60.3 Å². The fraction of sp³-hybridized carbons (Fsp3) is 0.360. The molecule has 0 radical (unpaired) electrons. The molecule has 1 aliphatic carbocycles. The molecule has 0 aliphatic heterocycles. The number of hydrogen-bond acceptors (Lipinski definition) is 3. The van der Waals surface area contributed by atoms with Crippen LogP contribution in [0.5, 0.6) is 5.75 Å². The van der Waals surface area contributed by atoms with E-state index in [4.69, 9.17) is 16.3 Å². The van der Waals surface area contributed by atoms with Gasteiger partial charge in [0.15, 0.2) is 0 Å². The van der Waals surface area contributed by atoms with Crippen LogP contribution in [0, 0.1) is 0 Å². The molecule has 4 rings (SSSR count). The van der Waals surface area contributed by atoms with E-state index in [1.165, 1.54) is 25.3 Å². The summed E-state index contributed by atoms with van der Waals surface area (Å²) in [6.45, 7) is -0.160. The number of halogens is 4. The number of nitrogens with zero attached hydrogens (tertiary/aromatic N) is 1. The minimum absolute atomic E-state index is 0.0180. The summed E-state index contributed by atoms with van der Waals surface area (Å²) in [5.74, 6) is -1.94. The normalized spacial score (nSPS) is 14.9.